The molecule has 2 rings (SSSR count). The van der Waals surface area contributed by atoms with E-state index >= 15 is 0 Å². The van der Waals surface area contributed by atoms with E-state index in [0.717, 1.165) is 14.7 Å². The molecule has 0 saturated carbocycles. The SMILES string of the molecule is COc1cc(/C=N\NC(N)=S)cc(I)c1OCc1ccccc1C. The lowest BCUT2D eigenvalue weighted by Gasteiger charge is -2.14. The Bertz CT molecular complexity index is 765. The smallest absolute Gasteiger partial charge is 0.184 e. The van der Waals surface area contributed by atoms with Gasteiger partial charge in [-0.2, -0.15) is 5.10 Å². The first-order valence-electron chi connectivity index (χ1n) is 7.14. The van der Waals surface area contributed by atoms with Crippen molar-refractivity contribution in [3.63, 3.8) is 0 Å². The van der Waals surface area contributed by atoms with Crippen molar-refractivity contribution in [2.24, 2.45) is 10.8 Å². The lowest BCUT2D eigenvalue weighted by molar-refractivity contribution is 0.281. The van der Waals surface area contributed by atoms with Crippen LogP contribution >= 0.6 is 34.8 Å². The molecule has 0 spiro atoms. The Kier molecular flexibility index (Phi) is 6.80. The summed E-state index contributed by atoms with van der Waals surface area (Å²) in [6.45, 7) is 2.55. The van der Waals surface area contributed by atoms with Crippen molar-refractivity contribution < 1.29 is 9.47 Å². The normalized spacial score (nSPS) is 10.6. The number of nitrogens with zero attached hydrogens (tertiary/aromatic N) is 1. The molecular weight excluding hydrogens is 437 g/mol. The summed E-state index contributed by atoms with van der Waals surface area (Å²) in [4.78, 5) is 0. The highest BCUT2D eigenvalue weighted by Crippen LogP contribution is 2.34. The molecule has 0 aliphatic heterocycles. The van der Waals surface area contributed by atoms with Gasteiger partial charge in [-0.3, -0.25) is 5.43 Å². The van der Waals surface area contributed by atoms with Gasteiger partial charge in [0, 0.05) is 0 Å². The number of halogens is 1. The van der Waals surface area contributed by atoms with Crippen LogP contribution in [-0.2, 0) is 6.61 Å². The van der Waals surface area contributed by atoms with Gasteiger partial charge in [0.05, 0.1) is 16.9 Å². The summed E-state index contributed by atoms with van der Waals surface area (Å²) in [6, 6.07) is 11.9. The topological polar surface area (TPSA) is 68.9 Å². The number of hydrogen-bond donors (Lipinski definition) is 2. The van der Waals surface area contributed by atoms with Gasteiger partial charge in [0.1, 0.15) is 6.61 Å². The van der Waals surface area contributed by atoms with E-state index in [2.05, 4.69) is 52.2 Å². The van der Waals surface area contributed by atoms with Crippen LogP contribution in [0.1, 0.15) is 16.7 Å². The lowest BCUT2D eigenvalue weighted by Crippen LogP contribution is -2.24. The van der Waals surface area contributed by atoms with Crippen molar-refractivity contribution in [2.45, 2.75) is 13.5 Å². The van der Waals surface area contributed by atoms with Crippen LogP contribution in [0.25, 0.3) is 0 Å². The van der Waals surface area contributed by atoms with E-state index in [1.54, 1.807) is 13.3 Å². The van der Waals surface area contributed by atoms with E-state index in [1.807, 2.05) is 24.3 Å². The van der Waals surface area contributed by atoms with Crippen LogP contribution in [0, 0.1) is 10.5 Å². The number of methoxy groups -OCH3 is 1. The maximum atomic E-state index is 5.99. The van der Waals surface area contributed by atoms with Gasteiger partial charge in [0.2, 0.25) is 0 Å². The summed E-state index contributed by atoms with van der Waals surface area (Å²) in [5.41, 5.74) is 11.0. The summed E-state index contributed by atoms with van der Waals surface area (Å²) in [7, 11) is 1.61. The third-order valence-electron chi connectivity index (χ3n) is 3.27. The van der Waals surface area contributed by atoms with Gasteiger partial charge in [-0.25, -0.2) is 0 Å². The lowest BCUT2D eigenvalue weighted by atomic mass is 10.1. The highest BCUT2D eigenvalue weighted by Gasteiger charge is 2.12. The second kappa shape index (κ2) is 8.84. The van der Waals surface area contributed by atoms with Gasteiger partial charge < -0.3 is 15.2 Å². The van der Waals surface area contributed by atoms with Gasteiger partial charge in [-0.15, -0.1) is 0 Å². The molecular formula is C17H18IN3O2S. The third kappa shape index (κ3) is 5.07. The van der Waals surface area contributed by atoms with E-state index in [-0.39, 0.29) is 5.11 Å². The van der Waals surface area contributed by atoms with Gasteiger partial charge in [0.25, 0.3) is 0 Å². The molecule has 0 bridgehead atoms. The van der Waals surface area contributed by atoms with Gasteiger partial charge in [0.15, 0.2) is 16.6 Å². The van der Waals surface area contributed by atoms with E-state index in [9.17, 15) is 0 Å². The fourth-order valence-electron chi connectivity index (χ4n) is 2.05. The molecule has 24 heavy (non-hydrogen) atoms. The summed E-state index contributed by atoms with van der Waals surface area (Å²) < 4.78 is 12.4. The third-order valence-corrected chi connectivity index (χ3v) is 4.17. The Labute approximate surface area is 160 Å². The van der Waals surface area contributed by atoms with E-state index in [1.165, 1.54) is 5.56 Å². The number of thiocarbonyl (C=S) groups is 1. The molecule has 0 atom stereocenters. The molecule has 0 amide bonds. The fourth-order valence-corrected chi connectivity index (χ4v) is 2.88. The molecule has 2 aromatic rings. The highest BCUT2D eigenvalue weighted by molar-refractivity contribution is 14.1. The number of ether oxygens (including phenoxy) is 2. The predicted octanol–water partition coefficient (Wildman–Crippen LogP) is 3.35. The standard InChI is InChI=1S/C17H18IN3O2S/c1-11-5-3-4-6-13(11)10-23-16-14(18)7-12(8-15(16)22-2)9-20-21-17(19)24/h3-9H,10H2,1-2H3,(H3,19,21,24)/b20-9-. The molecule has 0 aromatic heterocycles. The maximum absolute atomic E-state index is 5.99. The molecule has 0 heterocycles. The number of rotatable bonds is 6. The van der Waals surface area contributed by atoms with E-state index < -0.39 is 0 Å². The van der Waals surface area contributed by atoms with Crippen molar-refractivity contribution in [3.8, 4) is 11.5 Å². The number of benzene rings is 2. The predicted molar refractivity (Wildman–Crippen MR) is 109 cm³/mol. The number of aryl methyl sites for hydroxylation is 1. The monoisotopic (exact) mass is 455 g/mol. The summed E-state index contributed by atoms with van der Waals surface area (Å²) >= 11 is 6.92. The molecule has 3 N–H and O–H groups in total. The minimum Gasteiger partial charge on any atom is -0.493 e. The van der Waals surface area contributed by atoms with Crippen LogP contribution in [0.3, 0.4) is 0 Å². The fraction of sp³-hybridized carbons (Fsp3) is 0.176. The summed E-state index contributed by atoms with van der Waals surface area (Å²) in [5.74, 6) is 1.35. The van der Waals surface area contributed by atoms with Crippen molar-refractivity contribution in [2.75, 3.05) is 7.11 Å². The van der Waals surface area contributed by atoms with Gasteiger partial charge >= 0.3 is 0 Å². The molecule has 0 unspecified atom stereocenters. The van der Waals surface area contributed by atoms with Crippen LogP contribution in [0.5, 0.6) is 11.5 Å². The van der Waals surface area contributed by atoms with Crippen molar-refractivity contribution in [1.29, 1.82) is 0 Å². The van der Waals surface area contributed by atoms with Gasteiger partial charge in [-0.1, -0.05) is 24.3 Å². The Morgan fingerprint density at radius 1 is 1.38 bits per heavy atom. The largest absolute Gasteiger partial charge is 0.493 e. The van der Waals surface area contributed by atoms with Crippen LogP contribution < -0.4 is 20.6 Å². The Balaban J connectivity index is 2.19. The maximum Gasteiger partial charge on any atom is 0.184 e. The zero-order chi connectivity index (χ0) is 17.5. The summed E-state index contributed by atoms with van der Waals surface area (Å²) in [5, 5.41) is 4.07. The zero-order valence-corrected chi connectivity index (χ0v) is 16.3. The average Bonchev–Trinajstić information content (AvgIpc) is 2.54. The Morgan fingerprint density at radius 3 is 2.79 bits per heavy atom. The number of hydrogen-bond acceptors (Lipinski definition) is 4. The van der Waals surface area contributed by atoms with Crippen LogP contribution in [-0.4, -0.2) is 18.4 Å². The number of nitrogens with two attached hydrogens (primary N) is 1. The van der Waals surface area contributed by atoms with E-state index in [4.69, 9.17) is 27.4 Å². The minimum absolute atomic E-state index is 0.117. The van der Waals surface area contributed by atoms with Crippen molar-refractivity contribution >= 4 is 46.1 Å². The van der Waals surface area contributed by atoms with Gasteiger partial charge in [-0.05, 0) is 70.6 Å². The van der Waals surface area contributed by atoms with Crippen molar-refractivity contribution in [3.05, 3.63) is 56.7 Å². The zero-order valence-electron chi connectivity index (χ0n) is 13.4. The van der Waals surface area contributed by atoms with Crippen LogP contribution in [0.2, 0.25) is 0 Å². The quantitative estimate of drug-likeness (QED) is 0.303. The minimum atomic E-state index is 0.117. The second-order valence-corrected chi connectivity index (χ2v) is 6.59. The van der Waals surface area contributed by atoms with Crippen LogP contribution in [0.15, 0.2) is 41.5 Å². The Morgan fingerprint density at radius 2 is 2.12 bits per heavy atom. The van der Waals surface area contributed by atoms with E-state index in [0.29, 0.717) is 18.1 Å². The molecule has 0 aliphatic carbocycles. The van der Waals surface area contributed by atoms with Crippen LogP contribution in [0.4, 0.5) is 0 Å². The highest BCUT2D eigenvalue weighted by atomic mass is 127. The number of nitrogens with one attached hydrogen (secondary N) is 1. The van der Waals surface area contributed by atoms with Crippen molar-refractivity contribution in [1.82, 2.24) is 5.43 Å². The molecule has 5 nitrogen and oxygen atoms in total. The molecule has 0 saturated heterocycles. The molecule has 0 aliphatic rings. The molecule has 7 heteroatoms. The molecule has 0 fully saturated rings. The first kappa shape index (κ1) is 18.5. The molecule has 0 radical (unpaired) electrons. The number of hydrazone groups is 1. The molecule has 126 valence electrons. The average molecular weight is 455 g/mol. The Hall–Kier alpha value is -1.87. The first-order valence-corrected chi connectivity index (χ1v) is 8.63. The second-order valence-electron chi connectivity index (χ2n) is 4.98. The summed E-state index contributed by atoms with van der Waals surface area (Å²) in [6.07, 6.45) is 1.62. The first-order chi connectivity index (χ1) is 11.5. The molecule has 2 aromatic carbocycles.